The Bertz CT molecular complexity index is 210. The number of hydrogen-bond acceptors (Lipinski definition) is 5. The van der Waals surface area contributed by atoms with Crippen LogP contribution in [-0.4, -0.2) is 38.2 Å². The van der Waals surface area contributed by atoms with Gasteiger partial charge in [-0.25, -0.2) is 5.48 Å². The van der Waals surface area contributed by atoms with Crippen LogP contribution in [-0.2, 0) is 14.1 Å². The molecule has 16 heavy (non-hydrogen) atoms. The van der Waals surface area contributed by atoms with Gasteiger partial charge >= 0.3 is 7.32 Å². The average Bonchev–Trinajstić information content (AvgIpc) is 2.15. The first kappa shape index (κ1) is 15.2. The number of rotatable bonds is 7. The highest BCUT2D eigenvalue weighted by Crippen LogP contribution is 2.13. The minimum atomic E-state index is -1.00. The normalized spacial score (nSPS) is 11.2. The number of guanidine groups is 1. The van der Waals surface area contributed by atoms with E-state index < -0.39 is 7.32 Å². The first-order valence-electron chi connectivity index (χ1n) is 4.95. The van der Waals surface area contributed by atoms with Crippen molar-refractivity contribution in [1.82, 2.24) is 5.48 Å². The summed E-state index contributed by atoms with van der Waals surface area (Å²) in [5.41, 5.74) is 7.12. The smallest absolute Gasteiger partial charge is 0.394 e. The molecule has 0 saturated heterocycles. The van der Waals surface area contributed by atoms with Gasteiger partial charge in [0.25, 0.3) is 0 Å². The predicted molar refractivity (Wildman–Crippen MR) is 60.3 cm³/mol. The van der Waals surface area contributed by atoms with E-state index in [1.807, 2.05) is 20.8 Å². The minimum absolute atomic E-state index is 0.0413. The van der Waals surface area contributed by atoms with Crippen molar-refractivity contribution < 1.29 is 19.2 Å². The minimum Gasteiger partial charge on any atom is -0.394 e. The van der Waals surface area contributed by atoms with Crippen LogP contribution in [0.4, 0.5) is 0 Å². The van der Waals surface area contributed by atoms with Crippen molar-refractivity contribution in [3.63, 3.8) is 0 Å². The van der Waals surface area contributed by atoms with Crippen LogP contribution in [0.5, 0.6) is 0 Å². The second-order valence-corrected chi connectivity index (χ2v) is 4.39. The number of hydroxylamine groups is 1. The molecule has 94 valence electrons. The second kappa shape index (κ2) is 7.45. The summed E-state index contributed by atoms with van der Waals surface area (Å²) in [4.78, 5) is 0. The highest BCUT2D eigenvalue weighted by atomic mass is 16.8. The SMILES string of the molecule is CC(C)(C)COB(OCCO)ONC(=N)N. The van der Waals surface area contributed by atoms with E-state index in [-0.39, 0.29) is 24.6 Å². The number of aliphatic hydroxyl groups excluding tert-OH is 1. The van der Waals surface area contributed by atoms with Gasteiger partial charge in [-0.1, -0.05) is 20.8 Å². The third kappa shape index (κ3) is 9.72. The molecular formula is C8H20BN3O4. The van der Waals surface area contributed by atoms with Crippen molar-refractivity contribution in [3.8, 4) is 0 Å². The molecule has 0 saturated carbocycles. The summed E-state index contributed by atoms with van der Waals surface area (Å²) in [5, 5.41) is 15.5. The Kier molecular flexibility index (Phi) is 7.06. The van der Waals surface area contributed by atoms with Gasteiger partial charge in [-0.15, -0.1) is 0 Å². The van der Waals surface area contributed by atoms with Crippen LogP contribution in [0.3, 0.4) is 0 Å². The second-order valence-electron chi connectivity index (χ2n) is 4.39. The topological polar surface area (TPSA) is 110 Å². The van der Waals surface area contributed by atoms with Crippen molar-refractivity contribution in [3.05, 3.63) is 0 Å². The summed E-state index contributed by atoms with van der Waals surface area (Å²) in [5.74, 6) is -0.350. The largest absolute Gasteiger partial charge is 0.662 e. The Hall–Kier alpha value is -0.825. The lowest BCUT2D eigenvalue weighted by atomic mass is 9.98. The molecule has 0 aliphatic carbocycles. The summed E-state index contributed by atoms with van der Waals surface area (Å²) in [6.07, 6.45) is 0. The summed E-state index contributed by atoms with van der Waals surface area (Å²) in [6.45, 7) is 6.33. The Balaban J connectivity index is 3.94. The first-order chi connectivity index (χ1) is 7.35. The Morgan fingerprint density at radius 1 is 1.44 bits per heavy atom. The molecule has 0 aliphatic rings. The summed E-state index contributed by atoms with van der Waals surface area (Å²) in [6, 6.07) is 0. The van der Waals surface area contributed by atoms with Crippen LogP contribution in [0.15, 0.2) is 0 Å². The zero-order valence-corrected chi connectivity index (χ0v) is 9.95. The van der Waals surface area contributed by atoms with Crippen LogP contribution in [0, 0.1) is 10.8 Å². The number of nitrogens with one attached hydrogen (secondary N) is 2. The van der Waals surface area contributed by atoms with Crippen LogP contribution < -0.4 is 11.2 Å². The lowest BCUT2D eigenvalue weighted by molar-refractivity contribution is 0.0404. The zero-order valence-electron chi connectivity index (χ0n) is 9.95. The molecule has 0 aromatic heterocycles. The van der Waals surface area contributed by atoms with E-state index >= 15 is 0 Å². The summed E-state index contributed by atoms with van der Waals surface area (Å²) in [7, 11) is -1.00. The molecule has 0 fully saturated rings. The Morgan fingerprint density at radius 2 is 2.06 bits per heavy atom. The van der Waals surface area contributed by atoms with Crippen molar-refractivity contribution >= 4 is 13.3 Å². The molecular weight excluding hydrogens is 213 g/mol. The molecule has 0 atom stereocenters. The van der Waals surface area contributed by atoms with E-state index in [0.717, 1.165) is 0 Å². The van der Waals surface area contributed by atoms with Crippen molar-refractivity contribution in [2.75, 3.05) is 19.8 Å². The van der Waals surface area contributed by atoms with Crippen molar-refractivity contribution in [1.29, 1.82) is 5.41 Å². The van der Waals surface area contributed by atoms with Gasteiger partial charge in [-0.05, 0) is 5.41 Å². The molecule has 0 aromatic carbocycles. The van der Waals surface area contributed by atoms with E-state index in [4.69, 9.17) is 30.3 Å². The molecule has 0 amide bonds. The van der Waals surface area contributed by atoms with Gasteiger partial charge in [0.05, 0.1) is 13.2 Å². The third-order valence-corrected chi connectivity index (χ3v) is 1.26. The maximum atomic E-state index is 8.60. The highest BCUT2D eigenvalue weighted by molar-refractivity contribution is 6.36. The van der Waals surface area contributed by atoms with Gasteiger partial charge < -0.3 is 20.1 Å². The average molecular weight is 233 g/mol. The fourth-order valence-corrected chi connectivity index (χ4v) is 0.695. The molecule has 5 N–H and O–H groups in total. The van der Waals surface area contributed by atoms with E-state index in [0.29, 0.717) is 6.61 Å². The molecule has 0 unspecified atom stereocenters. The van der Waals surface area contributed by atoms with E-state index in [1.165, 1.54) is 0 Å². The van der Waals surface area contributed by atoms with Crippen molar-refractivity contribution in [2.24, 2.45) is 11.1 Å². The third-order valence-electron chi connectivity index (χ3n) is 1.26. The van der Waals surface area contributed by atoms with Gasteiger partial charge in [0, 0.05) is 6.61 Å². The van der Waals surface area contributed by atoms with E-state index in [1.54, 1.807) is 0 Å². The van der Waals surface area contributed by atoms with Gasteiger partial charge in [-0.2, -0.15) is 0 Å². The number of nitrogens with two attached hydrogens (primary N) is 1. The van der Waals surface area contributed by atoms with Crippen LogP contribution in [0.2, 0.25) is 0 Å². The monoisotopic (exact) mass is 233 g/mol. The summed E-state index contributed by atoms with van der Waals surface area (Å²) < 4.78 is 15.2. The van der Waals surface area contributed by atoms with Gasteiger partial charge in [0.2, 0.25) is 5.96 Å². The van der Waals surface area contributed by atoms with Crippen LogP contribution >= 0.6 is 0 Å². The molecule has 7 nitrogen and oxygen atoms in total. The predicted octanol–water partition coefficient (Wildman–Crippen LogP) is -0.542. The van der Waals surface area contributed by atoms with Gasteiger partial charge in [0.1, 0.15) is 0 Å². The summed E-state index contributed by atoms with van der Waals surface area (Å²) >= 11 is 0. The molecule has 0 aromatic rings. The molecule has 0 heterocycles. The van der Waals surface area contributed by atoms with Crippen LogP contribution in [0.1, 0.15) is 20.8 Å². The maximum Gasteiger partial charge on any atom is 0.662 e. The molecule has 0 aliphatic heterocycles. The lowest BCUT2D eigenvalue weighted by Crippen LogP contribution is -2.41. The first-order valence-corrected chi connectivity index (χ1v) is 4.95. The maximum absolute atomic E-state index is 8.60. The van der Waals surface area contributed by atoms with Gasteiger partial charge in [0.15, 0.2) is 0 Å². The standard InChI is InChI=1S/C8H20BN3O4/c1-8(2,3)6-15-9(14-5-4-13)16-12-7(10)11/h13H,4-6H2,1-3H3,(H4,10,11,12). The fourth-order valence-electron chi connectivity index (χ4n) is 0.695. The quantitative estimate of drug-likeness (QED) is 0.203. The van der Waals surface area contributed by atoms with Gasteiger partial charge in [-0.3, -0.25) is 10.2 Å². The zero-order chi connectivity index (χ0) is 12.6. The van der Waals surface area contributed by atoms with Crippen LogP contribution in [0.25, 0.3) is 0 Å². The number of aliphatic hydroxyl groups is 1. The highest BCUT2D eigenvalue weighted by Gasteiger charge is 2.25. The Labute approximate surface area is 95.9 Å². The van der Waals surface area contributed by atoms with E-state index in [2.05, 4.69) is 5.48 Å². The molecule has 0 bridgehead atoms. The van der Waals surface area contributed by atoms with E-state index in [9.17, 15) is 0 Å². The fraction of sp³-hybridized carbons (Fsp3) is 0.875. The molecule has 0 rings (SSSR count). The lowest BCUT2D eigenvalue weighted by Gasteiger charge is -2.21. The number of hydrogen-bond donors (Lipinski definition) is 4. The molecule has 0 radical (unpaired) electrons. The van der Waals surface area contributed by atoms with Crippen molar-refractivity contribution in [2.45, 2.75) is 20.8 Å². The molecule has 0 spiro atoms. The molecule has 8 heteroatoms. The Morgan fingerprint density at radius 3 is 2.50 bits per heavy atom.